The summed E-state index contributed by atoms with van der Waals surface area (Å²) in [4.78, 5) is 10.9. The van der Waals surface area contributed by atoms with Gasteiger partial charge in [0.15, 0.2) is 4.36 Å². The summed E-state index contributed by atoms with van der Waals surface area (Å²) >= 11 is 21.2. The van der Waals surface area contributed by atoms with Gasteiger partial charge in [0.25, 0.3) is 0 Å². The standard InChI is InChI=1S/C20H34Cl3NO2S2/c1-3-5-7-9-11-13-15-27-19(22)17(21)18(24(25)26)20(23)28-16-14-12-10-8-6-4-2/h3-16H2,1-2H3/b19-17+,20-18+. The molecule has 0 aromatic carbocycles. The largest absolute Gasteiger partial charge is 0.314 e. The van der Waals surface area contributed by atoms with Crippen LogP contribution in [0.5, 0.6) is 0 Å². The van der Waals surface area contributed by atoms with Gasteiger partial charge < -0.3 is 0 Å². The Kier molecular flexibility index (Phi) is 19.7. The van der Waals surface area contributed by atoms with E-state index in [1.807, 2.05) is 0 Å². The average molecular weight is 491 g/mol. The van der Waals surface area contributed by atoms with Crippen molar-refractivity contribution >= 4 is 58.3 Å². The van der Waals surface area contributed by atoms with E-state index in [4.69, 9.17) is 34.8 Å². The molecule has 0 bridgehead atoms. The van der Waals surface area contributed by atoms with E-state index in [2.05, 4.69) is 13.8 Å². The van der Waals surface area contributed by atoms with Gasteiger partial charge in [0.2, 0.25) is 0 Å². The van der Waals surface area contributed by atoms with E-state index >= 15 is 0 Å². The Hall–Kier alpha value is 0.450. The molecule has 0 amide bonds. The third-order valence-corrected chi connectivity index (χ3v) is 7.69. The summed E-state index contributed by atoms with van der Waals surface area (Å²) < 4.78 is 0.363. The number of allylic oxidation sites excluding steroid dienone is 1. The predicted octanol–water partition coefficient (Wildman–Crippen LogP) is 9.51. The van der Waals surface area contributed by atoms with Crippen molar-refractivity contribution < 1.29 is 4.92 Å². The molecule has 8 heteroatoms. The van der Waals surface area contributed by atoms with Gasteiger partial charge >= 0.3 is 5.70 Å². The van der Waals surface area contributed by atoms with E-state index in [9.17, 15) is 10.1 Å². The van der Waals surface area contributed by atoms with E-state index in [1.54, 1.807) is 0 Å². The number of hydrogen-bond acceptors (Lipinski definition) is 4. The number of halogens is 3. The van der Waals surface area contributed by atoms with Crippen molar-refractivity contribution in [1.82, 2.24) is 0 Å². The topological polar surface area (TPSA) is 43.1 Å². The molecule has 28 heavy (non-hydrogen) atoms. The van der Waals surface area contributed by atoms with Gasteiger partial charge in [-0.2, -0.15) is 0 Å². The predicted molar refractivity (Wildman–Crippen MR) is 130 cm³/mol. The lowest BCUT2D eigenvalue weighted by atomic mass is 10.1. The van der Waals surface area contributed by atoms with E-state index in [0.29, 0.717) is 0 Å². The number of nitrogens with zero attached hydrogens (tertiary/aromatic N) is 1. The Morgan fingerprint density at radius 1 is 0.714 bits per heavy atom. The van der Waals surface area contributed by atoms with Gasteiger partial charge in [0.1, 0.15) is 5.03 Å². The van der Waals surface area contributed by atoms with Gasteiger partial charge in [-0.3, -0.25) is 10.1 Å². The number of unbranched alkanes of at least 4 members (excludes halogenated alkanes) is 10. The Morgan fingerprint density at radius 2 is 1.11 bits per heavy atom. The fraction of sp³-hybridized carbons (Fsp3) is 0.800. The minimum absolute atomic E-state index is 0.0527. The number of nitro groups is 1. The van der Waals surface area contributed by atoms with Crippen molar-refractivity contribution in [2.75, 3.05) is 11.5 Å². The number of rotatable bonds is 18. The summed E-state index contributed by atoms with van der Waals surface area (Å²) in [5.74, 6) is 1.55. The molecule has 0 saturated heterocycles. The Morgan fingerprint density at radius 3 is 1.54 bits per heavy atom. The second-order valence-electron chi connectivity index (χ2n) is 6.70. The summed E-state index contributed by atoms with van der Waals surface area (Å²) in [6.45, 7) is 4.38. The Balaban J connectivity index is 4.47. The molecule has 0 N–H and O–H groups in total. The lowest BCUT2D eigenvalue weighted by Gasteiger charge is -2.05. The maximum Gasteiger partial charge on any atom is 0.314 e. The molecule has 0 aliphatic carbocycles. The highest BCUT2D eigenvalue weighted by atomic mass is 35.5. The van der Waals surface area contributed by atoms with E-state index < -0.39 is 4.92 Å². The monoisotopic (exact) mass is 489 g/mol. The van der Waals surface area contributed by atoms with E-state index in [1.165, 1.54) is 74.9 Å². The molecule has 164 valence electrons. The summed E-state index contributed by atoms with van der Waals surface area (Å²) in [5, 5.41) is 11.4. The van der Waals surface area contributed by atoms with Gasteiger partial charge in [0.05, 0.1) is 9.29 Å². The quantitative estimate of drug-likeness (QED) is 0.0830. The molecule has 0 saturated carbocycles. The van der Waals surface area contributed by atoms with Gasteiger partial charge in [-0.05, 0) is 24.3 Å². The zero-order valence-electron chi connectivity index (χ0n) is 17.1. The van der Waals surface area contributed by atoms with Crippen LogP contribution in [-0.4, -0.2) is 16.4 Å². The molecule has 0 unspecified atom stereocenters. The third-order valence-electron chi connectivity index (χ3n) is 4.20. The molecule has 0 heterocycles. The lowest BCUT2D eigenvalue weighted by Crippen LogP contribution is -2.02. The number of thioether (sulfide) groups is 2. The molecule has 0 fully saturated rings. The third kappa shape index (κ3) is 14.4. The van der Waals surface area contributed by atoms with Crippen LogP contribution < -0.4 is 0 Å². The van der Waals surface area contributed by atoms with Crippen LogP contribution in [0.1, 0.15) is 90.9 Å². The van der Waals surface area contributed by atoms with Crippen LogP contribution in [0.4, 0.5) is 0 Å². The SMILES string of the molecule is CCCCCCCCS/C(Cl)=C(Cl)\C(=C(\Cl)SCCCCCCCC)[N+](=O)[O-]. The van der Waals surface area contributed by atoms with Crippen LogP contribution in [0.2, 0.25) is 0 Å². The highest BCUT2D eigenvalue weighted by Gasteiger charge is 2.25. The molecule has 3 nitrogen and oxygen atoms in total. The summed E-state index contributed by atoms with van der Waals surface area (Å²) in [6, 6.07) is 0. The van der Waals surface area contributed by atoms with Crippen LogP contribution >= 0.6 is 58.3 Å². The first-order chi connectivity index (χ1) is 13.5. The summed E-state index contributed by atoms with van der Waals surface area (Å²) in [5.41, 5.74) is -0.278. The van der Waals surface area contributed by atoms with Crippen molar-refractivity contribution in [1.29, 1.82) is 0 Å². The molecular formula is C20H34Cl3NO2S2. The van der Waals surface area contributed by atoms with Crippen molar-refractivity contribution in [3.8, 4) is 0 Å². The maximum atomic E-state index is 11.4. The zero-order chi connectivity index (χ0) is 21.2. The zero-order valence-corrected chi connectivity index (χ0v) is 21.0. The highest BCUT2D eigenvalue weighted by molar-refractivity contribution is 8.05. The normalized spacial score (nSPS) is 13.3. The Labute approximate surface area is 194 Å². The van der Waals surface area contributed by atoms with Gasteiger partial charge in [-0.15, -0.1) is 23.5 Å². The second kappa shape index (κ2) is 19.4. The van der Waals surface area contributed by atoms with E-state index in [0.717, 1.165) is 37.2 Å². The molecule has 0 radical (unpaired) electrons. The molecule has 0 spiro atoms. The molecule has 0 aliphatic rings. The van der Waals surface area contributed by atoms with Gasteiger partial charge in [0, 0.05) is 0 Å². The fourth-order valence-corrected chi connectivity index (χ4v) is 5.29. The molecule has 0 rings (SSSR count). The first-order valence-corrected chi connectivity index (χ1v) is 13.4. The molecule has 0 aliphatic heterocycles. The second-order valence-corrected chi connectivity index (χ2v) is 10.5. The first-order valence-electron chi connectivity index (χ1n) is 10.3. The van der Waals surface area contributed by atoms with Crippen LogP contribution in [0.25, 0.3) is 0 Å². The minimum Gasteiger partial charge on any atom is -0.258 e. The Bertz CT molecular complexity index is 500. The van der Waals surface area contributed by atoms with Crippen LogP contribution in [-0.2, 0) is 0 Å². The maximum absolute atomic E-state index is 11.4. The fourth-order valence-electron chi connectivity index (χ4n) is 2.55. The highest BCUT2D eigenvalue weighted by Crippen LogP contribution is 2.37. The summed E-state index contributed by atoms with van der Waals surface area (Å²) in [7, 11) is 0. The summed E-state index contributed by atoms with van der Waals surface area (Å²) in [6.07, 6.45) is 14.1. The molecule has 0 atom stereocenters. The van der Waals surface area contributed by atoms with Gasteiger partial charge in [-0.1, -0.05) is 113 Å². The molecule has 0 aromatic heterocycles. The first kappa shape index (κ1) is 28.5. The van der Waals surface area contributed by atoms with Crippen molar-refractivity contribution in [2.45, 2.75) is 90.9 Å². The van der Waals surface area contributed by atoms with Crippen molar-refractivity contribution in [3.05, 3.63) is 29.6 Å². The van der Waals surface area contributed by atoms with Crippen molar-refractivity contribution in [2.24, 2.45) is 0 Å². The average Bonchev–Trinajstić information content (AvgIpc) is 2.66. The minimum atomic E-state index is -0.535. The molecule has 0 aromatic rings. The lowest BCUT2D eigenvalue weighted by molar-refractivity contribution is -0.419. The van der Waals surface area contributed by atoms with Crippen molar-refractivity contribution in [3.63, 3.8) is 0 Å². The number of hydrogen-bond donors (Lipinski definition) is 0. The molecular weight excluding hydrogens is 457 g/mol. The van der Waals surface area contributed by atoms with Crippen LogP contribution in [0.3, 0.4) is 0 Å². The van der Waals surface area contributed by atoms with Gasteiger partial charge in [-0.25, -0.2) is 0 Å². The van der Waals surface area contributed by atoms with Crippen LogP contribution in [0.15, 0.2) is 19.5 Å². The van der Waals surface area contributed by atoms with E-state index in [-0.39, 0.29) is 19.5 Å². The smallest absolute Gasteiger partial charge is 0.258 e. The van der Waals surface area contributed by atoms with Crippen LogP contribution in [0, 0.1) is 10.1 Å².